The summed E-state index contributed by atoms with van der Waals surface area (Å²) in [6.07, 6.45) is 1.06. The molecule has 2 rings (SSSR count). The van der Waals surface area contributed by atoms with Crippen LogP contribution in [0.15, 0.2) is 18.2 Å². The lowest BCUT2D eigenvalue weighted by Gasteiger charge is -2.25. The Morgan fingerprint density at radius 1 is 1.41 bits per heavy atom. The van der Waals surface area contributed by atoms with Crippen LogP contribution in [0.5, 0.6) is 0 Å². The minimum absolute atomic E-state index is 0. The summed E-state index contributed by atoms with van der Waals surface area (Å²) in [7, 11) is 0. The molecule has 2 unspecified atom stereocenters. The van der Waals surface area contributed by atoms with Crippen molar-refractivity contribution in [3.63, 3.8) is 0 Å². The summed E-state index contributed by atoms with van der Waals surface area (Å²) in [5.74, 6) is 0. The third-order valence-corrected chi connectivity index (χ3v) is 3.79. The van der Waals surface area contributed by atoms with Gasteiger partial charge in [0.25, 0.3) is 0 Å². The van der Waals surface area contributed by atoms with E-state index in [0.717, 1.165) is 35.1 Å². The topological polar surface area (TPSA) is 29.3 Å². The summed E-state index contributed by atoms with van der Waals surface area (Å²) < 4.78 is 0. The normalized spacial score (nSPS) is 22.2. The van der Waals surface area contributed by atoms with Crippen LogP contribution < -0.4 is 5.73 Å². The van der Waals surface area contributed by atoms with Crippen LogP contribution in [-0.4, -0.2) is 24.0 Å². The summed E-state index contributed by atoms with van der Waals surface area (Å²) in [5, 5.41) is 1.51. The molecule has 0 radical (unpaired) electrons. The van der Waals surface area contributed by atoms with Gasteiger partial charge < -0.3 is 5.73 Å². The minimum atomic E-state index is 0. The molecule has 0 aromatic heterocycles. The Morgan fingerprint density at radius 2 is 2.12 bits per heavy atom. The standard InChI is InChI=1S/C12H16Cl2N2.ClH/c1-8(16-5-4-10(15)7-16)11-6-9(13)2-3-12(11)14;/h2-3,6,8,10H,4-5,7,15H2,1H3;1H. The molecule has 1 saturated heterocycles. The Hall–Kier alpha value is 0.01000. The number of hydrogen-bond donors (Lipinski definition) is 1. The van der Waals surface area contributed by atoms with Crippen LogP contribution in [0.1, 0.15) is 24.9 Å². The molecule has 1 aliphatic heterocycles. The first-order valence-electron chi connectivity index (χ1n) is 5.52. The number of nitrogens with two attached hydrogens (primary N) is 1. The molecule has 5 heteroatoms. The van der Waals surface area contributed by atoms with Crippen LogP contribution in [0.3, 0.4) is 0 Å². The van der Waals surface area contributed by atoms with E-state index in [1.807, 2.05) is 18.2 Å². The Bertz CT molecular complexity index is 384. The first kappa shape index (κ1) is 15.1. The van der Waals surface area contributed by atoms with Crippen molar-refractivity contribution in [1.29, 1.82) is 0 Å². The molecule has 0 aliphatic carbocycles. The van der Waals surface area contributed by atoms with Crippen LogP contribution in [0.2, 0.25) is 10.0 Å². The summed E-state index contributed by atoms with van der Waals surface area (Å²) in [6.45, 7) is 4.12. The van der Waals surface area contributed by atoms with Gasteiger partial charge in [-0.2, -0.15) is 0 Å². The van der Waals surface area contributed by atoms with Gasteiger partial charge in [-0.05, 0) is 37.1 Å². The molecular weight excluding hydrogens is 279 g/mol. The number of rotatable bonds is 2. The van der Waals surface area contributed by atoms with Gasteiger partial charge in [-0.15, -0.1) is 12.4 Å². The van der Waals surface area contributed by atoms with Crippen molar-refractivity contribution in [3.8, 4) is 0 Å². The first-order valence-corrected chi connectivity index (χ1v) is 6.28. The van der Waals surface area contributed by atoms with Crippen LogP contribution in [0.25, 0.3) is 0 Å². The predicted octanol–water partition coefficient (Wildman–Crippen LogP) is 3.51. The van der Waals surface area contributed by atoms with Gasteiger partial charge in [0.1, 0.15) is 0 Å². The van der Waals surface area contributed by atoms with E-state index in [1.54, 1.807) is 0 Å². The summed E-state index contributed by atoms with van der Waals surface area (Å²) in [4.78, 5) is 2.35. The lowest BCUT2D eigenvalue weighted by atomic mass is 10.1. The number of nitrogens with zero attached hydrogens (tertiary/aromatic N) is 1. The van der Waals surface area contributed by atoms with Gasteiger partial charge in [0.15, 0.2) is 0 Å². The number of likely N-dealkylation sites (tertiary alicyclic amines) is 1. The van der Waals surface area contributed by atoms with Crippen molar-refractivity contribution in [2.75, 3.05) is 13.1 Å². The van der Waals surface area contributed by atoms with Crippen LogP contribution >= 0.6 is 35.6 Å². The lowest BCUT2D eigenvalue weighted by Crippen LogP contribution is -2.28. The van der Waals surface area contributed by atoms with Gasteiger partial charge in [-0.3, -0.25) is 4.90 Å². The van der Waals surface area contributed by atoms with E-state index >= 15 is 0 Å². The van der Waals surface area contributed by atoms with Gasteiger partial charge in [-0.25, -0.2) is 0 Å². The highest BCUT2D eigenvalue weighted by Crippen LogP contribution is 2.31. The number of halogens is 3. The number of hydrogen-bond acceptors (Lipinski definition) is 2. The van der Waals surface area contributed by atoms with Crippen molar-refractivity contribution in [3.05, 3.63) is 33.8 Å². The molecule has 0 bridgehead atoms. The van der Waals surface area contributed by atoms with Gasteiger partial charge in [-0.1, -0.05) is 23.2 Å². The highest BCUT2D eigenvalue weighted by molar-refractivity contribution is 6.33. The van der Waals surface area contributed by atoms with E-state index in [-0.39, 0.29) is 18.4 Å². The van der Waals surface area contributed by atoms with Crippen molar-refractivity contribution in [2.24, 2.45) is 5.73 Å². The molecule has 96 valence electrons. The zero-order chi connectivity index (χ0) is 11.7. The summed E-state index contributed by atoms with van der Waals surface area (Å²) in [5.41, 5.74) is 6.99. The van der Waals surface area contributed by atoms with Crippen LogP contribution in [-0.2, 0) is 0 Å². The fourth-order valence-corrected chi connectivity index (χ4v) is 2.65. The smallest absolute Gasteiger partial charge is 0.0454 e. The van der Waals surface area contributed by atoms with E-state index in [0.29, 0.717) is 6.04 Å². The molecule has 1 heterocycles. The average Bonchev–Trinajstić information content (AvgIpc) is 2.67. The van der Waals surface area contributed by atoms with E-state index in [4.69, 9.17) is 28.9 Å². The molecule has 2 atom stereocenters. The van der Waals surface area contributed by atoms with Crippen molar-refractivity contribution in [2.45, 2.75) is 25.4 Å². The van der Waals surface area contributed by atoms with Crippen LogP contribution in [0, 0.1) is 0 Å². The van der Waals surface area contributed by atoms with E-state index in [2.05, 4.69) is 11.8 Å². The zero-order valence-electron chi connectivity index (χ0n) is 9.70. The molecule has 2 N–H and O–H groups in total. The largest absolute Gasteiger partial charge is 0.326 e. The Kier molecular flexibility index (Phi) is 5.55. The zero-order valence-corrected chi connectivity index (χ0v) is 12.0. The fraction of sp³-hybridized carbons (Fsp3) is 0.500. The molecule has 0 saturated carbocycles. The minimum Gasteiger partial charge on any atom is -0.326 e. The number of benzene rings is 1. The molecule has 1 fully saturated rings. The second kappa shape index (κ2) is 6.26. The maximum absolute atomic E-state index is 6.19. The highest BCUT2D eigenvalue weighted by Gasteiger charge is 2.25. The average molecular weight is 296 g/mol. The van der Waals surface area contributed by atoms with Gasteiger partial charge in [0, 0.05) is 35.2 Å². The first-order chi connectivity index (χ1) is 7.58. The molecule has 1 aromatic carbocycles. The highest BCUT2D eigenvalue weighted by atomic mass is 35.5. The quantitative estimate of drug-likeness (QED) is 0.904. The maximum atomic E-state index is 6.19. The SMILES string of the molecule is CC(c1cc(Cl)ccc1Cl)N1CCC(N)C1.Cl. The third kappa shape index (κ3) is 3.49. The van der Waals surface area contributed by atoms with Crippen molar-refractivity contribution < 1.29 is 0 Å². The van der Waals surface area contributed by atoms with Crippen molar-refractivity contribution >= 4 is 35.6 Å². The predicted molar refractivity (Wildman–Crippen MR) is 76.3 cm³/mol. The maximum Gasteiger partial charge on any atom is 0.0454 e. The van der Waals surface area contributed by atoms with E-state index < -0.39 is 0 Å². The molecule has 1 aromatic rings. The summed E-state index contributed by atoms with van der Waals surface area (Å²) in [6, 6.07) is 6.18. The Morgan fingerprint density at radius 3 is 2.71 bits per heavy atom. The third-order valence-electron chi connectivity index (χ3n) is 3.21. The Balaban J connectivity index is 0.00000144. The molecule has 0 spiro atoms. The molecule has 1 aliphatic rings. The molecular formula is C12H17Cl3N2. The fourth-order valence-electron chi connectivity index (χ4n) is 2.20. The van der Waals surface area contributed by atoms with E-state index in [9.17, 15) is 0 Å². The molecule has 0 amide bonds. The molecule has 2 nitrogen and oxygen atoms in total. The lowest BCUT2D eigenvalue weighted by molar-refractivity contribution is 0.260. The van der Waals surface area contributed by atoms with E-state index in [1.165, 1.54) is 0 Å². The van der Waals surface area contributed by atoms with Crippen molar-refractivity contribution in [1.82, 2.24) is 4.90 Å². The van der Waals surface area contributed by atoms with Crippen LogP contribution in [0.4, 0.5) is 0 Å². The van der Waals surface area contributed by atoms with Gasteiger partial charge in [0.05, 0.1) is 0 Å². The van der Waals surface area contributed by atoms with Gasteiger partial charge in [0.2, 0.25) is 0 Å². The Labute approximate surface area is 118 Å². The summed E-state index contributed by atoms with van der Waals surface area (Å²) >= 11 is 12.2. The monoisotopic (exact) mass is 294 g/mol. The van der Waals surface area contributed by atoms with Gasteiger partial charge >= 0.3 is 0 Å². The molecule has 17 heavy (non-hydrogen) atoms. The second-order valence-electron chi connectivity index (χ2n) is 4.39. The second-order valence-corrected chi connectivity index (χ2v) is 5.23.